The molecule has 0 bridgehead atoms. The summed E-state index contributed by atoms with van der Waals surface area (Å²) in [5.41, 5.74) is 1.89. The van der Waals surface area contributed by atoms with Crippen LogP contribution < -0.4 is 16.0 Å². The topological polar surface area (TPSA) is 70.2 Å². The Morgan fingerprint density at radius 2 is 2.25 bits per heavy atom. The highest BCUT2D eigenvalue weighted by Gasteiger charge is 2.26. The number of halogens is 1. The molecule has 0 aromatic heterocycles. The third-order valence-electron chi connectivity index (χ3n) is 3.09. The first-order chi connectivity index (χ1) is 9.19. The lowest BCUT2D eigenvalue weighted by Crippen LogP contribution is -2.37. The number of anilines is 1. The van der Waals surface area contributed by atoms with Gasteiger partial charge in [0.2, 0.25) is 11.8 Å². The maximum absolute atomic E-state index is 11.9. The normalized spacial score (nSPS) is 17.2. The van der Waals surface area contributed by atoms with E-state index in [0.717, 1.165) is 24.3 Å². The largest absolute Gasteiger partial charge is 0.344 e. The fourth-order valence-electron chi connectivity index (χ4n) is 2.07. The number of carbonyl (C=O) groups is 2. The first-order valence-corrected chi connectivity index (χ1v) is 6.59. The molecule has 1 aromatic carbocycles. The summed E-state index contributed by atoms with van der Waals surface area (Å²) in [5, 5.41) is 8.74. The summed E-state index contributed by atoms with van der Waals surface area (Å²) in [6.07, 6.45) is 1.00. The minimum Gasteiger partial charge on any atom is -0.344 e. The van der Waals surface area contributed by atoms with Crippen LogP contribution >= 0.6 is 12.4 Å². The van der Waals surface area contributed by atoms with Crippen molar-refractivity contribution >= 4 is 29.9 Å². The second-order valence-corrected chi connectivity index (χ2v) is 4.63. The molecule has 1 fully saturated rings. The number of hydrogen-bond donors (Lipinski definition) is 3. The van der Waals surface area contributed by atoms with Gasteiger partial charge in [-0.25, -0.2) is 0 Å². The van der Waals surface area contributed by atoms with E-state index in [1.54, 1.807) is 0 Å². The lowest BCUT2D eigenvalue weighted by Gasteiger charge is -2.12. The number of nitrogens with one attached hydrogen (secondary N) is 3. The van der Waals surface area contributed by atoms with Crippen molar-refractivity contribution in [2.75, 3.05) is 11.9 Å². The van der Waals surface area contributed by atoms with Crippen molar-refractivity contribution in [3.8, 4) is 0 Å². The lowest BCUT2D eigenvalue weighted by atomic mass is 10.1. The standard InChI is InChI=1S/C14H19N3O2.ClH/c1-2-15-9-10-4-3-5-11(8-10)16-14(19)12-6-7-13(18)17-12;/h3-5,8,12,15H,2,6-7,9H2,1H3,(H,16,19)(H,17,18);1H/t12-;/m1./s1. The van der Waals surface area contributed by atoms with Crippen molar-refractivity contribution in [3.05, 3.63) is 29.8 Å². The van der Waals surface area contributed by atoms with Crippen molar-refractivity contribution in [1.29, 1.82) is 0 Å². The Kier molecular flexibility index (Phi) is 6.48. The molecule has 1 heterocycles. The molecule has 1 aliphatic rings. The third kappa shape index (κ3) is 4.51. The van der Waals surface area contributed by atoms with Crippen molar-refractivity contribution in [2.24, 2.45) is 0 Å². The molecule has 2 amide bonds. The van der Waals surface area contributed by atoms with E-state index in [-0.39, 0.29) is 24.2 Å². The van der Waals surface area contributed by atoms with Crippen LogP contribution in [0, 0.1) is 0 Å². The molecule has 6 heteroatoms. The Hall–Kier alpha value is -1.59. The molecule has 0 radical (unpaired) electrons. The van der Waals surface area contributed by atoms with Crippen molar-refractivity contribution < 1.29 is 9.59 Å². The SMILES string of the molecule is CCNCc1cccc(NC(=O)[C@H]2CCC(=O)N2)c1.Cl. The van der Waals surface area contributed by atoms with Crippen LogP contribution in [0.25, 0.3) is 0 Å². The van der Waals surface area contributed by atoms with Crippen LogP contribution in [0.4, 0.5) is 5.69 Å². The van der Waals surface area contributed by atoms with Gasteiger partial charge in [-0.1, -0.05) is 19.1 Å². The van der Waals surface area contributed by atoms with Gasteiger partial charge in [-0.2, -0.15) is 0 Å². The zero-order valence-corrected chi connectivity index (χ0v) is 12.3. The average molecular weight is 298 g/mol. The Morgan fingerprint density at radius 3 is 2.90 bits per heavy atom. The van der Waals surface area contributed by atoms with Gasteiger partial charge in [0.05, 0.1) is 0 Å². The molecule has 2 rings (SSSR count). The first-order valence-electron chi connectivity index (χ1n) is 6.59. The van der Waals surface area contributed by atoms with Crippen molar-refractivity contribution in [3.63, 3.8) is 0 Å². The minimum atomic E-state index is -0.398. The fourth-order valence-corrected chi connectivity index (χ4v) is 2.07. The minimum absolute atomic E-state index is 0. The smallest absolute Gasteiger partial charge is 0.246 e. The zero-order valence-electron chi connectivity index (χ0n) is 11.4. The van der Waals surface area contributed by atoms with Crippen LogP contribution in [0.3, 0.4) is 0 Å². The van der Waals surface area contributed by atoms with Gasteiger partial charge in [0.1, 0.15) is 6.04 Å². The number of benzene rings is 1. The Balaban J connectivity index is 0.00000200. The van der Waals surface area contributed by atoms with Gasteiger partial charge in [0, 0.05) is 18.7 Å². The molecule has 110 valence electrons. The van der Waals surface area contributed by atoms with E-state index < -0.39 is 6.04 Å². The molecular formula is C14H20ClN3O2. The molecule has 5 nitrogen and oxygen atoms in total. The summed E-state index contributed by atoms with van der Waals surface area (Å²) in [6.45, 7) is 3.74. The molecule has 20 heavy (non-hydrogen) atoms. The molecule has 1 atom stereocenters. The van der Waals surface area contributed by atoms with Crippen molar-refractivity contribution in [2.45, 2.75) is 32.4 Å². The van der Waals surface area contributed by atoms with E-state index in [4.69, 9.17) is 0 Å². The van der Waals surface area contributed by atoms with Crippen LogP contribution in [-0.2, 0) is 16.1 Å². The Bertz CT molecular complexity index is 479. The van der Waals surface area contributed by atoms with E-state index in [1.807, 2.05) is 24.3 Å². The Labute approximate surface area is 124 Å². The summed E-state index contributed by atoms with van der Waals surface area (Å²) in [4.78, 5) is 23.0. The van der Waals surface area contributed by atoms with E-state index in [1.165, 1.54) is 0 Å². The van der Waals surface area contributed by atoms with Crippen LogP contribution in [0.15, 0.2) is 24.3 Å². The van der Waals surface area contributed by atoms with Gasteiger partial charge in [0.15, 0.2) is 0 Å². The first kappa shape index (κ1) is 16.5. The van der Waals surface area contributed by atoms with Gasteiger partial charge in [-0.15, -0.1) is 12.4 Å². The maximum atomic E-state index is 11.9. The monoisotopic (exact) mass is 297 g/mol. The van der Waals surface area contributed by atoms with Crippen LogP contribution in [0.5, 0.6) is 0 Å². The van der Waals surface area contributed by atoms with Crippen molar-refractivity contribution in [1.82, 2.24) is 10.6 Å². The number of carbonyl (C=O) groups excluding carboxylic acids is 2. The van der Waals surface area contributed by atoms with E-state index in [2.05, 4.69) is 22.9 Å². The van der Waals surface area contributed by atoms with Gasteiger partial charge in [0.25, 0.3) is 0 Å². The number of hydrogen-bond acceptors (Lipinski definition) is 3. The third-order valence-corrected chi connectivity index (χ3v) is 3.09. The molecule has 1 aromatic rings. The van der Waals surface area contributed by atoms with E-state index in [9.17, 15) is 9.59 Å². The quantitative estimate of drug-likeness (QED) is 0.770. The molecular weight excluding hydrogens is 278 g/mol. The lowest BCUT2D eigenvalue weighted by molar-refractivity contribution is -0.122. The summed E-state index contributed by atoms with van der Waals surface area (Å²) in [7, 11) is 0. The second-order valence-electron chi connectivity index (χ2n) is 4.63. The van der Waals surface area contributed by atoms with E-state index in [0.29, 0.717) is 12.8 Å². The Morgan fingerprint density at radius 1 is 1.45 bits per heavy atom. The molecule has 0 aliphatic carbocycles. The number of amides is 2. The van der Waals surface area contributed by atoms with Gasteiger partial charge >= 0.3 is 0 Å². The molecule has 0 saturated carbocycles. The predicted octanol–water partition coefficient (Wildman–Crippen LogP) is 1.43. The highest BCUT2D eigenvalue weighted by Crippen LogP contribution is 2.13. The second kappa shape index (κ2) is 7.87. The van der Waals surface area contributed by atoms with Gasteiger partial charge in [-0.3, -0.25) is 9.59 Å². The van der Waals surface area contributed by atoms with Crippen LogP contribution in [-0.4, -0.2) is 24.4 Å². The molecule has 1 saturated heterocycles. The average Bonchev–Trinajstić information content (AvgIpc) is 2.83. The summed E-state index contributed by atoms with van der Waals surface area (Å²) in [5.74, 6) is -0.201. The fraction of sp³-hybridized carbons (Fsp3) is 0.429. The van der Waals surface area contributed by atoms with E-state index >= 15 is 0 Å². The zero-order chi connectivity index (χ0) is 13.7. The molecule has 1 aliphatic heterocycles. The molecule has 3 N–H and O–H groups in total. The predicted molar refractivity (Wildman–Crippen MR) is 80.9 cm³/mol. The summed E-state index contributed by atoms with van der Waals surface area (Å²) >= 11 is 0. The van der Waals surface area contributed by atoms with Gasteiger partial charge < -0.3 is 16.0 Å². The highest BCUT2D eigenvalue weighted by molar-refractivity contribution is 5.99. The van der Waals surface area contributed by atoms with Crippen LogP contribution in [0.2, 0.25) is 0 Å². The molecule has 0 unspecified atom stereocenters. The maximum Gasteiger partial charge on any atom is 0.246 e. The summed E-state index contributed by atoms with van der Waals surface area (Å²) < 4.78 is 0. The molecule has 0 spiro atoms. The van der Waals surface area contributed by atoms with Crippen LogP contribution in [0.1, 0.15) is 25.3 Å². The highest BCUT2D eigenvalue weighted by atomic mass is 35.5. The summed E-state index contributed by atoms with van der Waals surface area (Å²) in [6, 6.07) is 7.32. The van der Waals surface area contributed by atoms with Gasteiger partial charge in [-0.05, 0) is 30.7 Å². The number of rotatable bonds is 5.